The van der Waals surface area contributed by atoms with Gasteiger partial charge in [-0.3, -0.25) is 9.79 Å². The van der Waals surface area contributed by atoms with Crippen LogP contribution in [0.5, 0.6) is 0 Å². The van der Waals surface area contributed by atoms with Crippen molar-refractivity contribution in [1.29, 1.82) is 0 Å². The molecule has 1 aromatic carbocycles. The number of methoxy groups -OCH3 is 1. The topological polar surface area (TPSA) is 38.7 Å². The van der Waals surface area contributed by atoms with E-state index in [2.05, 4.69) is 4.99 Å². The number of ether oxygens (including phenoxy) is 1. The van der Waals surface area contributed by atoms with Crippen molar-refractivity contribution in [3.63, 3.8) is 0 Å². The van der Waals surface area contributed by atoms with Crippen LogP contribution in [0.2, 0.25) is 0 Å². The standard InChI is InChI=1S/C14H14FNO2/c1-18-13(17)14-7-3-2-4-12(14)16-11-8-9(15)5-6-10(11)14/h5-6,8H,2-4,7H2,1H3. The first-order chi connectivity index (χ1) is 8.68. The molecular weight excluding hydrogens is 233 g/mol. The van der Waals surface area contributed by atoms with E-state index in [1.807, 2.05) is 0 Å². The molecule has 1 aromatic rings. The predicted octanol–water partition coefficient (Wildman–Crippen LogP) is 2.90. The van der Waals surface area contributed by atoms with Crippen molar-refractivity contribution in [2.24, 2.45) is 4.99 Å². The fraction of sp³-hybridized carbons (Fsp3) is 0.429. The predicted molar refractivity (Wildman–Crippen MR) is 65.7 cm³/mol. The number of hydrogen-bond donors (Lipinski definition) is 0. The molecule has 3 rings (SSSR count). The van der Waals surface area contributed by atoms with Gasteiger partial charge in [0, 0.05) is 11.3 Å². The van der Waals surface area contributed by atoms with Crippen molar-refractivity contribution < 1.29 is 13.9 Å². The van der Waals surface area contributed by atoms with Crippen LogP contribution in [0.1, 0.15) is 31.2 Å². The van der Waals surface area contributed by atoms with Crippen molar-refractivity contribution in [1.82, 2.24) is 0 Å². The number of halogens is 1. The average molecular weight is 247 g/mol. The maximum atomic E-state index is 13.3. The Balaban J connectivity index is 2.20. The largest absolute Gasteiger partial charge is 0.468 e. The fourth-order valence-corrected chi connectivity index (χ4v) is 3.09. The number of fused-ring (bicyclic) bond motifs is 3. The summed E-state index contributed by atoms with van der Waals surface area (Å²) >= 11 is 0. The molecule has 0 saturated heterocycles. The summed E-state index contributed by atoms with van der Waals surface area (Å²) in [5.74, 6) is -0.594. The number of nitrogens with zero attached hydrogens (tertiary/aromatic N) is 1. The molecule has 3 nitrogen and oxygen atoms in total. The maximum absolute atomic E-state index is 13.3. The molecule has 0 spiro atoms. The molecule has 2 aliphatic rings. The van der Waals surface area contributed by atoms with Crippen LogP contribution in [-0.4, -0.2) is 18.8 Å². The van der Waals surface area contributed by atoms with Gasteiger partial charge in [0.05, 0.1) is 12.8 Å². The summed E-state index contributed by atoms with van der Waals surface area (Å²) in [5.41, 5.74) is 1.46. The van der Waals surface area contributed by atoms with Crippen molar-refractivity contribution in [3.05, 3.63) is 29.6 Å². The molecule has 0 radical (unpaired) electrons. The van der Waals surface area contributed by atoms with E-state index in [9.17, 15) is 9.18 Å². The molecule has 1 atom stereocenters. The lowest BCUT2D eigenvalue weighted by Crippen LogP contribution is -2.44. The zero-order valence-corrected chi connectivity index (χ0v) is 10.2. The van der Waals surface area contributed by atoms with Crippen molar-refractivity contribution in [2.75, 3.05) is 7.11 Å². The van der Waals surface area contributed by atoms with E-state index >= 15 is 0 Å². The monoisotopic (exact) mass is 247 g/mol. The SMILES string of the molecule is COC(=O)C12CCCCC1=Nc1cc(F)ccc12. The van der Waals surface area contributed by atoms with E-state index in [4.69, 9.17) is 4.74 Å². The van der Waals surface area contributed by atoms with Crippen molar-refractivity contribution in [2.45, 2.75) is 31.1 Å². The highest BCUT2D eigenvalue weighted by atomic mass is 19.1. The number of carbonyl (C=O) groups is 1. The molecule has 94 valence electrons. The van der Waals surface area contributed by atoms with E-state index < -0.39 is 5.41 Å². The molecule has 18 heavy (non-hydrogen) atoms. The minimum Gasteiger partial charge on any atom is -0.468 e. The second-order valence-corrected chi connectivity index (χ2v) is 4.82. The first kappa shape index (κ1) is 11.4. The normalized spacial score (nSPS) is 25.1. The quantitative estimate of drug-likeness (QED) is 0.716. The zero-order valence-electron chi connectivity index (χ0n) is 10.2. The van der Waals surface area contributed by atoms with E-state index in [1.54, 1.807) is 6.07 Å². The van der Waals surface area contributed by atoms with Gasteiger partial charge in [-0.15, -0.1) is 0 Å². The van der Waals surface area contributed by atoms with Crippen LogP contribution in [0.3, 0.4) is 0 Å². The third kappa shape index (κ3) is 1.35. The van der Waals surface area contributed by atoms with E-state index in [-0.39, 0.29) is 11.8 Å². The van der Waals surface area contributed by atoms with Crippen molar-refractivity contribution >= 4 is 17.4 Å². The molecular formula is C14H14FNO2. The smallest absolute Gasteiger partial charge is 0.322 e. The first-order valence-corrected chi connectivity index (χ1v) is 6.15. The molecule has 1 aliphatic heterocycles. The van der Waals surface area contributed by atoms with Gasteiger partial charge < -0.3 is 4.74 Å². The number of esters is 1. The van der Waals surface area contributed by atoms with Crippen LogP contribution in [0.4, 0.5) is 10.1 Å². The lowest BCUT2D eigenvalue weighted by Gasteiger charge is -2.32. The summed E-state index contributed by atoms with van der Waals surface area (Å²) in [5, 5.41) is 0. The van der Waals surface area contributed by atoms with Crippen LogP contribution >= 0.6 is 0 Å². The van der Waals surface area contributed by atoms with Gasteiger partial charge in [-0.2, -0.15) is 0 Å². The average Bonchev–Trinajstić information content (AvgIpc) is 2.71. The number of aliphatic imine (C=N–C) groups is 1. The molecule has 1 aliphatic carbocycles. The van der Waals surface area contributed by atoms with Crippen LogP contribution in [0.15, 0.2) is 23.2 Å². The molecule has 4 heteroatoms. The molecule has 1 saturated carbocycles. The Morgan fingerprint density at radius 1 is 1.44 bits per heavy atom. The summed E-state index contributed by atoms with van der Waals surface area (Å²) in [4.78, 5) is 16.7. The van der Waals surface area contributed by atoms with Gasteiger partial charge in [-0.25, -0.2) is 4.39 Å². The number of carbonyl (C=O) groups excluding carboxylic acids is 1. The van der Waals surface area contributed by atoms with Crippen LogP contribution in [-0.2, 0) is 14.9 Å². The summed E-state index contributed by atoms with van der Waals surface area (Å²) in [6, 6.07) is 4.45. The second-order valence-electron chi connectivity index (χ2n) is 4.82. The highest BCUT2D eigenvalue weighted by Crippen LogP contribution is 2.48. The van der Waals surface area contributed by atoms with Crippen LogP contribution < -0.4 is 0 Å². The minimum atomic E-state index is -0.754. The Morgan fingerprint density at radius 2 is 2.28 bits per heavy atom. The first-order valence-electron chi connectivity index (χ1n) is 6.15. The summed E-state index contributed by atoms with van der Waals surface area (Å²) in [7, 11) is 1.39. The van der Waals surface area contributed by atoms with E-state index in [1.165, 1.54) is 19.2 Å². The zero-order chi connectivity index (χ0) is 12.8. The third-order valence-electron chi connectivity index (χ3n) is 3.92. The van der Waals surface area contributed by atoms with Gasteiger partial charge in [-0.05, 0) is 31.4 Å². The van der Waals surface area contributed by atoms with Crippen LogP contribution in [0.25, 0.3) is 0 Å². The minimum absolute atomic E-state index is 0.272. The molecule has 0 N–H and O–H groups in total. The van der Waals surface area contributed by atoms with Gasteiger partial charge in [-0.1, -0.05) is 12.5 Å². The van der Waals surface area contributed by atoms with Gasteiger partial charge in [0.1, 0.15) is 11.2 Å². The molecule has 0 amide bonds. The van der Waals surface area contributed by atoms with Crippen molar-refractivity contribution in [3.8, 4) is 0 Å². The fourth-order valence-electron chi connectivity index (χ4n) is 3.09. The number of benzene rings is 1. The Morgan fingerprint density at radius 3 is 3.06 bits per heavy atom. The van der Waals surface area contributed by atoms with E-state index in [0.717, 1.165) is 30.5 Å². The number of hydrogen-bond acceptors (Lipinski definition) is 3. The molecule has 1 heterocycles. The Hall–Kier alpha value is -1.71. The van der Waals surface area contributed by atoms with Gasteiger partial charge in [0.15, 0.2) is 0 Å². The summed E-state index contributed by atoms with van der Waals surface area (Å²) in [6.07, 6.45) is 3.47. The number of rotatable bonds is 1. The highest BCUT2D eigenvalue weighted by Gasteiger charge is 2.51. The van der Waals surface area contributed by atoms with Gasteiger partial charge in [0.25, 0.3) is 0 Å². The molecule has 0 aromatic heterocycles. The Kier molecular flexibility index (Phi) is 2.47. The molecule has 1 fully saturated rings. The van der Waals surface area contributed by atoms with Gasteiger partial charge in [0.2, 0.25) is 0 Å². The van der Waals surface area contributed by atoms with Gasteiger partial charge >= 0.3 is 5.97 Å². The third-order valence-corrected chi connectivity index (χ3v) is 3.92. The molecule has 0 bridgehead atoms. The highest BCUT2D eigenvalue weighted by molar-refractivity contribution is 6.17. The maximum Gasteiger partial charge on any atom is 0.322 e. The lowest BCUT2D eigenvalue weighted by molar-refractivity contribution is -0.145. The van der Waals surface area contributed by atoms with Crippen LogP contribution in [0, 0.1) is 5.82 Å². The van der Waals surface area contributed by atoms with E-state index in [0.29, 0.717) is 12.1 Å². The summed E-state index contributed by atoms with van der Waals surface area (Å²) < 4.78 is 18.2. The summed E-state index contributed by atoms with van der Waals surface area (Å²) in [6.45, 7) is 0. The molecule has 1 unspecified atom stereocenters. The Bertz CT molecular complexity index is 553. The second kappa shape index (κ2) is 3.90. The Labute approximate surface area is 105 Å². The lowest BCUT2D eigenvalue weighted by atomic mass is 9.69.